The zero-order valence-corrected chi connectivity index (χ0v) is 12.7. The van der Waals surface area contributed by atoms with Crippen molar-refractivity contribution in [1.29, 1.82) is 0 Å². The van der Waals surface area contributed by atoms with Gasteiger partial charge >= 0.3 is 0 Å². The molecule has 0 saturated heterocycles. The summed E-state index contributed by atoms with van der Waals surface area (Å²) in [7, 11) is 1.68. The van der Waals surface area contributed by atoms with E-state index in [1.807, 2.05) is 24.3 Å². The van der Waals surface area contributed by atoms with Crippen LogP contribution in [0.4, 0.5) is 5.69 Å². The van der Waals surface area contributed by atoms with Crippen LogP contribution in [0.5, 0.6) is 5.75 Å². The van der Waals surface area contributed by atoms with E-state index in [9.17, 15) is 0 Å². The van der Waals surface area contributed by atoms with Gasteiger partial charge in [0, 0.05) is 23.1 Å². The number of nitrogen functional groups attached to an aromatic ring is 1. The minimum absolute atomic E-state index is 0.638. The van der Waals surface area contributed by atoms with E-state index in [0.29, 0.717) is 16.5 Å². The van der Waals surface area contributed by atoms with E-state index in [0.717, 1.165) is 22.6 Å². The van der Waals surface area contributed by atoms with Gasteiger partial charge in [-0.3, -0.25) is 0 Å². The van der Waals surface area contributed by atoms with Gasteiger partial charge in [-0.25, -0.2) is 4.98 Å². The maximum absolute atomic E-state index is 5.74. The Bertz CT molecular complexity index is 783. The standard InChI is InChI=1S/C16H16N2O2S/c1-10-3-6-14(19-2)11(7-10)9-21-16-18-13-5-4-12(17)8-15(13)20-16/h3-8H,9,17H2,1-2H3. The van der Waals surface area contributed by atoms with E-state index in [-0.39, 0.29) is 0 Å². The van der Waals surface area contributed by atoms with E-state index in [1.165, 1.54) is 5.56 Å². The average molecular weight is 300 g/mol. The van der Waals surface area contributed by atoms with E-state index in [2.05, 4.69) is 18.0 Å². The second-order valence-electron chi connectivity index (χ2n) is 4.81. The SMILES string of the molecule is COc1ccc(C)cc1CSc1nc2ccc(N)cc2o1. The first-order valence-electron chi connectivity index (χ1n) is 6.58. The Morgan fingerprint density at radius 1 is 1.24 bits per heavy atom. The highest BCUT2D eigenvalue weighted by Gasteiger charge is 2.09. The molecule has 2 N–H and O–H groups in total. The first-order chi connectivity index (χ1) is 10.2. The van der Waals surface area contributed by atoms with Crippen LogP contribution in [0.25, 0.3) is 11.1 Å². The molecule has 21 heavy (non-hydrogen) atoms. The van der Waals surface area contributed by atoms with Crippen LogP contribution in [-0.2, 0) is 5.75 Å². The minimum atomic E-state index is 0.638. The molecule has 0 saturated carbocycles. The number of rotatable bonds is 4. The lowest BCUT2D eigenvalue weighted by Gasteiger charge is -2.07. The molecule has 3 rings (SSSR count). The summed E-state index contributed by atoms with van der Waals surface area (Å²) in [6.45, 7) is 2.07. The highest BCUT2D eigenvalue weighted by Crippen LogP contribution is 2.30. The number of ether oxygens (including phenoxy) is 1. The summed E-state index contributed by atoms with van der Waals surface area (Å²) in [5.74, 6) is 1.63. The summed E-state index contributed by atoms with van der Waals surface area (Å²) in [6, 6.07) is 11.6. The number of aromatic nitrogens is 1. The number of oxazole rings is 1. The van der Waals surface area contributed by atoms with Crippen molar-refractivity contribution in [2.24, 2.45) is 0 Å². The average Bonchev–Trinajstić information content (AvgIpc) is 2.87. The van der Waals surface area contributed by atoms with Crippen LogP contribution in [0, 0.1) is 6.92 Å². The molecule has 0 aliphatic carbocycles. The van der Waals surface area contributed by atoms with Crippen LogP contribution in [0.15, 0.2) is 46.0 Å². The fourth-order valence-electron chi connectivity index (χ4n) is 2.14. The third kappa shape index (κ3) is 2.97. The van der Waals surface area contributed by atoms with Crippen LogP contribution >= 0.6 is 11.8 Å². The highest BCUT2D eigenvalue weighted by atomic mass is 32.2. The summed E-state index contributed by atoms with van der Waals surface area (Å²) in [6.07, 6.45) is 0. The lowest BCUT2D eigenvalue weighted by Crippen LogP contribution is -1.91. The lowest BCUT2D eigenvalue weighted by atomic mass is 10.1. The Morgan fingerprint density at radius 3 is 2.90 bits per heavy atom. The molecule has 4 nitrogen and oxygen atoms in total. The van der Waals surface area contributed by atoms with Crippen LogP contribution in [0.1, 0.15) is 11.1 Å². The summed E-state index contributed by atoms with van der Waals surface area (Å²) in [5, 5.41) is 0.638. The van der Waals surface area contributed by atoms with Crippen molar-refractivity contribution < 1.29 is 9.15 Å². The molecule has 0 radical (unpaired) electrons. The van der Waals surface area contributed by atoms with Gasteiger partial charge in [-0.2, -0.15) is 0 Å². The summed E-state index contributed by atoms with van der Waals surface area (Å²) in [4.78, 5) is 4.45. The number of nitrogens with two attached hydrogens (primary N) is 1. The first kappa shape index (κ1) is 13.8. The fraction of sp³-hybridized carbons (Fsp3) is 0.188. The number of methoxy groups -OCH3 is 1. The molecule has 1 aromatic heterocycles. The van der Waals surface area contributed by atoms with Crippen molar-refractivity contribution in [3.63, 3.8) is 0 Å². The number of benzene rings is 2. The molecule has 0 unspecified atom stereocenters. The summed E-state index contributed by atoms with van der Waals surface area (Å²) < 4.78 is 11.1. The largest absolute Gasteiger partial charge is 0.496 e. The normalized spacial score (nSPS) is 11.0. The molecule has 0 aliphatic rings. The van der Waals surface area contributed by atoms with Gasteiger partial charge in [-0.15, -0.1) is 0 Å². The Balaban J connectivity index is 1.81. The number of hydrogen-bond donors (Lipinski definition) is 1. The van der Waals surface area contributed by atoms with E-state index in [4.69, 9.17) is 14.9 Å². The quantitative estimate of drug-likeness (QED) is 0.582. The van der Waals surface area contributed by atoms with Crippen molar-refractivity contribution in [2.45, 2.75) is 17.9 Å². The van der Waals surface area contributed by atoms with Gasteiger partial charge in [0.25, 0.3) is 5.22 Å². The van der Waals surface area contributed by atoms with Gasteiger partial charge in [0.05, 0.1) is 7.11 Å². The third-order valence-electron chi connectivity index (χ3n) is 3.18. The van der Waals surface area contributed by atoms with Gasteiger partial charge in [0.2, 0.25) is 0 Å². The number of aryl methyl sites for hydroxylation is 1. The Kier molecular flexibility index (Phi) is 3.75. The highest BCUT2D eigenvalue weighted by molar-refractivity contribution is 7.98. The molecule has 0 atom stereocenters. The van der Waals surface area contributed by atoms with Gasteiger partial charge < -0.3 is 14.9 Å². The van der Waals surface area contributed by atoms with Crippen molar-refractivity contribution in [1.82, 2.24) is 4.98 Å². The third-order valence-corrected chi connectivity index (χ3v) is 4.06. The number of thioether (sulfide) groups is 1. The van der Waals surface area contributed by atoms with E-state index in [1.54, 1.807) is 24.9 Å². The molecule has 108 valence electrons. The van der Waals surface area contributed by atoms with Crippen molar-refractivity contribution in [3.8, 4) is 5.75 Å². The van der Waals surface area contributed by atoms with Crippen LogP contribution in [0.3, 0.4) is 0 Å². The molecule has 0 bridgehead atoms. The molecule has 3 aromatic rings. The Hall–Kier alpha value is -2.14. The molecule has 0 aliphatic heterocycles. The van der Waals surface area contributed by atoms with Gasteiger partial charge in [0.1, 0.15) is 11.3 Å². The van der Waals surface area contributed by atoms with Crippen molar-refractivity contribution in [3.05, 3.63) is 47.5 Å². The van der Waals surface area contributed by atoms with Crippen LogP contribution in [-0.4, -0.2) is 12.1 Å². The predicted octanol–water partition coefficient (Wildman–Crippen LogP) is 4.02. The molecule has 0 amide bonds. The second kappa shape index (κ2) is 5.69. The van der Waals surface area contributed by atoms with Gasteiger partial charge in [-0.1, -0.05) is 29.5 Å². The number of fused-ring (bicyclic) bond motifs is 1. The first-order valence-corrected chi connectivity index (χ1v) is 7.56. The lowest BCUT2D eigenvalue weighted by molar-refractivity contribution is 0.411. The molecule has 0 spiro atoms. The van der Waals surface area contributed by atoms with Crippen LogP contribution in [0.2, 0.25) is 0 Å². The van der Waals surface area contributed by atoms with Crippen LogP contribution < -0.4 is 10.5 Å². The minimum Gasteiger partial charge on any atom is -0.496 e. The number of anilines is 1. The van der Waals surface area contributed by atoms with E-state index < -0.39 is 0 Å². The molecule has 5 heteroatoms. The monoisotopic (exact) mass is 300 g/mol. The maximum atomic E-state index is 5.74. The summed E-state index contributed by atoms with van der Waals surface area (Å²) in [5.41, 5.74) is 10.3. The molecule has 2 aromatic carbocycles. The van der Waals surface area contributed by atoms with Gasteiger partial charge in [0.15, 0.2) is 5.58 Å². The maximum Gasteiger partial charge on any atom is 0.257 e. The number of nitrogens with zero attached hydrogens (tertiary/aromatic N) is 1. The van der Waals surface area contributed by atoms with Crippen molar-refractivity contribution in [2.75, 3.05) is 12.8 Å². The van der Waals surface area contributed by atoms with E-state index >= 15 is 0 Å². The second-order valence-corrected chi connectivity index (χ2v) is 5.74. The Morgan fingerprint density at radius 2 is 2.10 bits per heavy atom. The number of hydrogen-bond acceptors (Lipinski definition) is 5. The smallest absolute Gasteiger partial charge is 0.257 e. The van der Waals surface area contributed by atoms with Crippen molar-refractivity contribution >= 4 is 28.5 Å². The molecule has 1 heterocycles. The molecular weight excluding hydrogens is 284 g/mol. The Labute approximate surface area is 127 Å². The molecular formula is C16H16N2O2S. The zero-order valence-electron chi connectivity index (χ0n) is 11.9. The zero-order chi connectivity index (χ0) is 14.8. The summed E-state index contributed by atoms with van der Waals surface area (Å²) >= 11 is 1.54. The molecule has 0 fully saturated rings. The van der Waals surface area contributed by atoms with Gasteiger partial charge in [-0.05, 0) is 25.1 Å². The topological polar surface area (TPSA) is 61.3 Å². The predicted molar refractivity (Wildman–Crippen MR) is 85.7 cm³/mol. The fourth-order valence-corrected chi connectivity index (χ4v) is 2.96.